The molecule has 0 spiro atoms. The molecule has 1 amide bonds. The quantitative estimate of drug-likeness (QED) is 0.661. The Morgan fingerprint density at radius 3 is 2.44 bits per heavy atom. The zero-order valence-electron chi connectivity index (χ0n) is 13.9. The summed E-state index contributed by atoms with van der Waals surface area (Å²) in [4.78, 5) is 15.5. The van der Waals surface area contributed by atoms with Crippen molar-refractivity contribution in [3.63, 3.8) is 0 Å². The maximum absolute atomic E-state index is 12.5. The number of nitrogens with zero attached hydrogens (tertiary/aromatic N) is 5. The van der Waals surface area contributed by atoms with Crippen LogP contribution in [0.4, 0.5) is 5.69 Å². The summed E-state index contributed by atoms with van der Waals surface area (Å²) < 4.78 is 5.57. The molecule has 0 fully saturated rings. The third-order valence-corrected chi connectivity index (χ3v) is 3.57. The number of para-hydroxylation sites is 2. The minimum atomic E-state index is -0.0957. The van der Waals surface area contributed by atoms with Gasteiger partial charge >= 0.3 is 0 Å². The van der Waals surface area contributed by atoms with Crippen LogP contribution in [0.15, 0.2) is 60.7 Å². The third kappa shape index (κ3) is 4.41. The SMILES string of the molecule is CCN(C(=O)Cn1nnc(COc2ccccc2)n1)c1ccccc1. The average Bonchev–Trinajstić information content (AvgIpc) is 3.10. The first-order chi connectivity index (χ1) is 12.3. The van der Waals surface area contributed by atoms with Gasteiger partial charge in [0.05, 0.1) is 0 Å². The van der Waals surface area contributed by atoms with E-state index >= 15 is 0 Å². The van der Waals surface area contributed by atoms with Crippen LogP contribution in [0, 0.1) is 0 Å². The molecule has 0 bridgehead atoms. The number of amides is 1. The van der Waals surface area contributed by atoms with Crippen molar-refractivity contribution in [2.24, 2.45) is 0 Å². The van der Waals surface area contributed by atoms with Crippen molar-refractivity contribution in [3.8, 4) is 5.75 Å². The van der Waals surface area contributed by atoms with Gasteiger partial charge in [-0.2, -0.15) is 4.80 Å². The van der Waals surface area contributed by atoms with E-state index in [2.05, 4.69) is 15.4 Å². The summed E-state index contributed by atoms with van der Waals surface area (Å²) in [6.45, 7) is 2.73. The van der Waals surface area contributed by atoms with Crippen LogP contribution in [0.5, 0.6) is 5.75 Å². The average molecular weight is 337 g/mol. The molecule has 0 unspecified atom stereocenters. The standard InChI is InChI=1S/C18H19N5O2/c1-2-22(15-9-5-3-6-10-15)18(24)13-23-20-17(19-21-23)14-25-16-11-7-4-8-12-16/h3-12H,2,13-14H2,1H3. The fourth-order valence-electron chi connectivity index (χ4n) is 2.38. The summed E-state index contributed by atoms with van der Waals surface area (Å²) in [5, 5.41) is 12.1. The molecule has 0 saturated carbocycles. The van der Waals surface area contributed by atoms with E-state index in [4.69, 9.17) is 4.74 Å². The zero-order valence-corrected chi connectivity index (χ0v) is 13.9. The summed E-state index contributed by atoms with van der Waals surface area (Å²) >= 11 is 0. The lowest BCUT2D eigenvalue weighted by Gasteiger charge is -2.20. The van der Waals surface area contributed by atoms with Crippen molar-refractivity contribution >= 4 is 11.6 Å². The first-order valence-corrected chi connectivity index (χ1v) is 8.06. The van der Waals surface area contributed by atoms with Crippen LogP contribution in [0.1, 0.15) is 12.7 Å². The molecular formula is C18H19N5O2. The molecule has 0 aliphatic heterocycles. The Hall–Kier alpha value is -3.22. The van der Waals surface area contributed by atoms with E-state index in [1.165, 1.54) is 4.80 Å². The summed E-state index contributed by atoms with van der Waals surface area (Å²) in [5.41, 5.74) is 0.850. The van der Waals surface area contributed by atoms with Gasteiger partial charge in [0.15, 0.2) is 6.61 Å². The second-order valence-corrected chi connectivity index (χ2v) is 5.31. The number of aromatic nitrogens is 4. The van der Waals surface area contributed by atoms with Crippen molar-refractivity contribution in [3.05, 3.63) is 66.5 Å². The fourth-order valence-corrected chi connectivity index (χ4v) is 2.38. The number of carbonyl (C=O) groups excluding carboxylic acids is 1. The van der Waals surface area contributed by atoms with Gasteiger partial charge in [-0.3, -0.25) is 4.79 Å². The van der Waals surface area contributed by atoms with Crippen LogP contribution in [-0.2, 0) is 17.9 Å². The van der Waals surface area contributed by atoms with Gasteiger partial charge in [0, 0.05) is 12.2 Å². The number of ether oxygens (including phenoxy) is 1. The number of hydrogen-bond donors (Lipinski definition) is 0. The molecule has 0 saturated heterocycles. The van der Waals surface area contributed by atoms with Crippen LogP contribution in [0.25, 0.3) is 0 Å². The van der Waals surface area contributed by atoms with E-state index in [0.29, 0.717) is 12.4 Å². The highest BCUT2D eigenvalue weighted by atomic mass is 16.5. The number of likely N-dealkylation sites (N-methyl/N-ethyl adjacent to an activating group) is 1. The Morgan fingerprint density at radius 1 is 1.08 bits per heavy atom. The second kappa shape index (κ2) is 8.05. The van der Waals surface area contributed by atoms with E-state index in [-0.39, 0.29) is 19.1 Å². The molecule has 25 heavy (non-hydrogen) atoms. The molecule has 3 rings (SSSR count). The number of hydrogen-bond acceptors (Lipinski definition) is 5. The lowest BCUT2D eigenvalue weighted by Crippen LogP contribution is -2.34. The Bertz CT molecular complexity index is 805. The summed E-state index contributed by atoms with van der Waals surface area (Å²) in [6, 6.07) is 18.9. The zero-order chi connectivity index (χ0) is 17.5. The first kappa shape index (κ1) is 16.6. The number of anilines is 1. The lowest BCUT2D eigenvalue weighted by atomic mass is 10.3. The molecule has 128 valence electrons. The van der Waals surface area contributed by atoms with Gasteiger partial charge in [0.2, 0.25) is 5.82 Å². The Balaban J connectivity index is 1.59. The molecule has 3 aromatic rings. The largest absolute Gasteiger partial charge is 0.485 e. The maximum atomic E-state index is 12.5. The molecule has 0 aliphatic carbocycles. The first-order valence-electron chi connectivity index (χ1n) is 8.06. The lowest BCUT2D eigenvalue weighted by molar-refractivity contribution is -0.119. The Morgan fingerprint density at radius 2 is 1.76 bits per heavy atom. The molecule has 7 heteroatoms. The van der Waals surface area contributed by atoms with E-state index in [1.807, 2.05) is 67.6 Å². The van der Waals surface area contributed by atoms with Gasteiger partial charge in [-0.1, -0.05) is 36.4 Å². The van der Waals surface area contributed by atoms with E-state index < -0.39 is 0 Å². The predicted octanol–water partition coefficient (Wildman–Crippen LogP) is 2.31. The van der Waals surface area contributed by atoms with E-state index in [1.54, 1.807) is 4.90 Å². The summed E-state index contributed by atoms with van der Waals surface area (Å²) in [7, 11) is 0. The monoisotopic (exact) mass is 337 g/mol. The van der Waals surface area contributed by atoms with E-state index in [0.717, 1.165) is 11.4 Å². The topological polar surface area (TPSA) is 73.1 Å². The number of benzene rings is 2. The normalized spacial score (nSPS) is 10.4. The van der Waals surface area contributed by atoms with E-state index in [9.17, 15) is 4.79 Å². The number of tetrazole rings is 1. The minimum absolute atomic E-state index is 0.0288. The van der Waals surface area contributed by atoms with Crippen LogP contribution >= 0.6 is 0 Å². The molecule has 0 N–H and O–H groups in total. The number of carbonyl (C=O) groups is 1. The Labute approximate surface area is 145 Å². The predicted molar refractivity (Wildman–Crippen MR) is 93.1 cm³/mol. The van der Waals surface area contributed by atoms with Crippen molar-refractivity contribution < 1.29 is 9.53 Å². The molecule has 0 aliphatic rings. The molecule has 1 aromatic heterocycles. The molecule has 1 heterocycles. The number of rotatable bonds is 7. The van der Waals surface area contributed by atoms with Crippen LogP contribution in [-0.4, -0.2) is 32.7 Å². The second-order valence-electron chi connectivity index (χ2n) is 5.31. The summed E-state index contributed by atoms with van der Waals surface area (Å²) in [6.07, 6.45) is 0. The minimum Gasteiger partial charge on any atom is -0.485 e. The highest BCUT2D eigenvalue weighted by Crippen LogP contribution is 2.13. The fraction of sp³-hybridized carbons (Fsp3) is 0.222. The van der Waals surface area contributed by atoms with Crippen LogP contribution < -0.4 is 9.64 Å². The van der Waals surface area contributed by atoms with Crippen molar-refractivity contribution in [2.45, 2.75) is 20.1 Å². The highest BCUT2D eigenvalue weighted by molar-refractivity contribution is 5.92. The maximum Gasteiger partial charge on any atom is 0.250 e. The molecule has 0 atom stereocenters. The molecular weight excluding hydrogens is 318 g/mol. The molecule has 7 nitrogen and oxygen atoms in total. The van der Waals surface area contributed by atoms with Crippen LogP contribution in [0.2, 0.25) is 0 Å². The van der Waals surface area contributed by atoms with Gasteiger partial charge in [-0.05, 0) is 36.4 Å². The van der Waals surface area contributed by atoms with Crippen LogP contribution in [0.3, 0.4) is 0 Å². The van der Waals surface area contributed by atoms with Gasteiger partial charge < -0.3 is 9.64 Å². The van der Waals surface area contributed by atoms with Gasteiger partial charge in [-0.15, -0.1) is 10.2 Å². The Kier molecular flexibility index (Phi) is 5.36. The summed E-state index contributed by atoms with van der Waals surface area (Å²) in [5.74, 6) is 1.07. The van der Waals surface area contributed by atoms with Gasteiger partial charge in [-0.25, -0.2) is 0 Å². The third-order valence-electron chi connectivity index (χ3n) is 3.57. The van der Waals surface area contributed by atoms with Gasteiger partial charge in [0.1, 0.15) is 12.3 Å². The molecule has 2 aromatic carbocycles. The molecule has 0 radical (unpaired) electrons. The highest BCUT2D eigenvalue weighted by Gasteiger charge is 2.16. The van der Waals surface area contributed by atoms with Crippen molar-refractivity contribution in [1.29, 1.82) is 0 Å². The smallest absolute Gasteiger partial charge is 0.250 e. The van der Waals surface area contributed by atoms with Crippen molar-refractivity contribution in [1.82, 2.24) is 20.2 Å². The van der Waals surface area contributed by atoms with Gasteiger partial charge in [0.25, 0.3) is 5.91 Å². The van der Waals surface area contributed by atoms with Crippen molar-refractivity contribution in [2.75, 3.05) is 11.4 Å².